The Bertz CT molecular complexity index is 831. The summed E-state index contributed by atoms with van der Waals surface area (Å²) in [5, 5.41) is 0. The van der Waals surface area contributed by atoms with Gasteiger partial charge in [-0.3, -0.25) is 4.79 Å². The van der Waals surface area contributed by atoms with Crippen molar-refractivity contribution in [1.82, 2.24) is 9.62 Å². The molecule has 7 nitrogen and oxygen atoms in total. The van der Waals surface area contributed by atoms with E-state index in [1.54, 1.807) is 18.7 Å². The molecule has 1 saturated heterocycles. The third kappa shape index (κ3) is 5.55. The van der Waals surface area contributed by atoms with Crippen molar-refractivity contribution in [3.63, 3.8) is 0 Å². The maximum atomic E-state index is 12.5. The number of amides is 1. The third-order valence-corrected chi connectivity index (χ3v) is 7.01. The van der Waals surface area contributed by atoms with Gasteiger partial charge in [0.15, 0.2) is 6.61 Å². The molecular formula is C19H27BrN2O5S. The molecule has 0 saturated carbocycles. The number of benzene rings is 1. The van der Waals surface area contributed by atoms with E-state index in [-0.39, 0.29) is 41.1 Å². The lowest BCUT2D eigenvalue weighted by atomic mass is 9.97. The standard InChI is InChI=1S/C19H27BrN2O5S/c1-12(2)21-28(25,26)15-8-9-17(20)16(10-15)19(24)27-11-18(23)22-13(3)6-5-7-14(22)4/h8-10,12-14,21H,5-7,11H2,1-4H3/t13-,14+. The molecule has 0 spiro atoms. The highest BCUT2D eigenvalue weighted by molar-refractivity contribution is 9.10. The summed E-state index contributed by atoms with van der Waals surface area (Å²) < 4.78 is 32.7. The fourth-order valence-electron chi connectivity index (χ4n) is 3.40. The molecule has 9 heteroatoms. The van der Waals surface area contributed by atoms with Crippen molar-refractivity contribution in [3.05, 3.63) is 28.2 Å². The number of hydrogen-bond acceptors (Lipinski definition) is 5. The van der Waals surface area contributed by atoms with Crippen molar-refractivity contribution in [2.45, 2.75) is 70.0 Å². The molecule has 1 aliphatic heterocycles. The number of hydrogen-bond donors (Lipinski definition) is 1. The predicted molar refractivity (Wildman–Crippen MR) is 110 cm³/mol. The van der Waals surface area contributed by atoms with Gasteiger partial charge >= 0.3 is 5.97 Å². The molecule has 0 radical (unpaired) electrons. The second kappa shape index (κ2) is 9.37. The Kier molecular flexibility index (Phi) is 7.64. The zero-order chi connectivity index (χ0) is 21.1. The van der Waals surface area contributed by atoms with Gasteiger partial charge in [-0.15, -0.1) is 0 Å². The maximum Gasteiger partial charge on any atom is 0.339 e. The molecule has 1 amide bonds. The van der Waals surface area contributed by atoms with Gasteiger partial charge in [0.1, 0.15) is 0 Å². The first-order valence-electron chi connectivity index (χ1n) is 9.33. The van der Waals surface area contributed by atoms with E-state index in [1.807, 2.05) is 13.8 Å². The van der Waals surface area contributed by atoms with Gasteiger partial charge in [-0.25, -0.2) is 17.9 Å². The zero-order valence-electron chi connectivity index (χ0n) is 16.6. The molecule has 1 aromatic carbocycles. The quantitative estimate of drug-likeness (QED) is 0.639. The predicted octanol–water partition coefficient (Wildman–Crippen LogP) is 3.08. The monoisotopic (exact) mass is 474 g/mol. The SMILES string of the molecule is CC(C)NS(=O)(=O)c1ccc(Br)c(C(=O)OCC(=O)N2[C@H](C)CCC[C@@H]2C)c1. The first-order valence-corrected chi connectivity index (χ1v) is 11.6. The second-order valence-corrected chi connectivity index (χ2v) is 9.99. The van der Waals surface area contributed by atoms with E-state index in [2.05, 4.69) is 20.7 Å². The number of nitrogens with zero attached hydrogens (tertiary/aromatic N) is 1. The molecule has 1 aromatic rings. The lowest BCUT2D eigenvalue weighted by molar-refractivity contribution is -0.140. The molecule has 0 unspecified atom stereocenters. The molecule has 1 fully saturated rings. The van der Waals surface area contributed by atoms with E-state index in [4.69, 9.17) is 4.74 Å². The number of carbonyl (C=O) groups is 2. The smallest absolute Gasteiger partial charge is 0.339 e. The number of likely N-dealkylation sites (tertiary alicyclic amines) is 1. The number of ether oxygens (including phenoxy) is 1. The van der Waals surface area contributed by atoms with Crippen LogP contribution in [-0.2, 0) is 19.6 Å². The zero-order valence-corrected chi connectivity index (χ0v) is 19.0. The average Bonchev–Trinajstić information content (AvgIpc) is 2.58. The normalized spacial score (nSPS) is 20.3. The Morgan fingerprint density at radius 1 is 1.25 bits per heavy atom. The highest BCUT2D eigenvalue weighted by Gasteiger charge is 2.29. The van der Waals surface area contributed by atoms with Crippen LogP contribution >= 0.6 is 15.9 Å². The summed E-state index contributed by atoms with van der Waals surface area (Å²) in [5.41, 5.74) is 0.0548. The summed E-state index contributed by atoms with van der Waals surface area (Å²) in [6.45, 7) is 7.02. The van der Waals surface area contributed by atoms with Crippen molar-refractivity contribution in [2.75, 3.05) is 6.61 Å². The number of carbonyl (C=O) groups excluding carboxylic acids is 2. The van der Waals surface area contributed by atoms with Crippen LogP contribution in [0.1, 0.15) is 57.3 Å². The summed E-state index contributed by atoms with van der Waals surface area (Å²) in [6.07, 6.45) is 2.93. The van der Waals surface area contributed by atoms with Gasteiger partial charge in [0, 0.05) is 22.6 Å². The van der Waals surface area contributed by atoms with Crippen LogP contribution in [-0.4, -0.2) is 49.9 Å². The van der Waals surface area contributed by atoms with E-state index in [1.165, 1.54) is 18.2 Å². The Morgan fingerprint density at radius 2 is 1.86 bits per heavy atom. The Balaban J connectivity index is 2.12. The Morgan fingerprint density at radius 3 is 2.43 bits per heavy atom. The summed E-state index contributed by atoms with van der Waals surface area (Å²) in [7, 11) is -3.75. The van der Waals surface area contributed by atoms with Crippen LogP contribution in [0.5, 0.6) is 0 Å². The minimum atomic E-state index is -3.75. The molecule has 2 atom stereocenters. The number of piperidine rings is 1. The lowest BCUT2D eigenvalue weighted by Crippen LogP contribution is -2.49. The summed E-state index contributed by atoms with van der Waals surface area (Å²) in [4.78, 5) is 26.7. The van der Waals surface area contributed by atoms with Crippen molar-refractivity contribution < 1.29 is 22.7 Å². The van der Waals surface area contributed by atoms with E-state index in [0.29, 0.717) is 4.47 Å². The maximum absolute atomic E-state index is 12.5. The summed E-state index contributed by atoms with van der Waals surface area (Å²) in [6, 6.07) is 4.05. The molecule has 0 aromatic heterocycles. The first-order chi connectivity index (χ1) is 13.0. The number of rotatable bonds is 6. The van der Waals surface area contributed by atoms with E-state index in [9.17, 15) is 18.0 Å². The number of sulfonamides is 1. The molecular weight excluding hydrogens is 448 g/mol. The minimum absolute atomic E-state index is 0.0408. The number of halogens is 1. The molecule has 0 aliphatic carbocycles. The van der Waals surface area contributed by atoms with Crippen LogP contribution in [0, 0.1) is 0 Å². The third-order valence-electron chi connectivity index (χ3n) is 4.67. The second-order valence-electron chi connectivity index (χ2n) is 7.42. The van der Waals surface area contributed by atoms with Crippen LogP contribution in [0.15, 0.2) is 27.6 Å². The molecule has 1 heterocycles. The summed E-state index contributed by atoms with van der Waals surface area (Å²) in [5.74, 6) is -0.992. The molecule has 28 heavy (non-hydrogen) atoms. The average molecular weight is 475 g/mol. The van der Waals surface area contributed by atoms with Gasteiger partial charge in [0.2, 0.25) is 10.0 Å². The van der Waals surface area contributed by atoms with E-state index >= 15 is 0 Å². The molecule has 2 rings (SSSR count). The van der Waals surface area contributed by atoms with Crippen LogP contribution in [0.4, 0.5) is 0 Å². The number of esters is 1. The van der Waals surface area contributed by atoms with Crippen molar-refractivity contribution >= 4 is 37.8 Å². The molecule has 1 N–H and O–H groups in total. The van der Waals surface area contributed by atoms with Gasteiger partial charge in [0.25, 0.3) is 5.91 Å². The summed E-state index contributed by atoms with van der Waals surface area (Å²) >= 11 is 3.24. The molecule has 1 aliphatic rings. The first kappa shape index (κ1) is 22.8. The largest absolute Gasteiger partial charge is 0.452 e. The van der Waals surface area contributed by atoms with Gasteiger partial charge in [0.05, 0.1) is 10.5 Å². The van der Waals surface area contributed by atoms with E-state index in [0.717, 1.165) is 19.3 Å². The molecule has 0 bridgehead atoms. The van der Waals surface area contributed by atoms with Crippen molar-refractivity contribution in [1.29, 1.82) is 0 Å². The molecule has 156 valence electrons. The highest BCUT2D eigenvalue weighted by atomic mass is 79.9. The minimum Gasteiger partial charge on any atom is -0.452 e. The Hall–Kier alpha value is -1.45. The fraction of sp³-hybridized carbons (Fsp3) is 0.579. The van der Waals surface area contributed by atoms with Gasteiger partial charge in [-0.05, 0) is 81.1 Å². The number of nitrogens with one attached hydrogen (secondary N) is 1. The van der Waals surface area contributed by atoms with Crippen molar-refractivity contribution in [3.8, 4) is 0 Å². The van der Waals surface area contributed by atoms with Gasteiger partial charge in [-0.2, -0.15) is 0 Å². The van der Waals surface area contributed by atoms with Gasteiger partial charge < -0.3 is 9.64 Å². The highest BCUT2D eigenvalue weighted by Crippen LogP contribution is 2.24. The lowest BCUT2D eigenvalue weighted by Gasteiger charge is -2.38. The van der Waals surface area contributed by atoms with Crippen LogP contribution < -0.4 is 4.72 Å². The van der Waals surface area contributed by atoms with Crippen LogP contribution in [0.25, 0.3) is 0 Å². The topological polar surface area (TPSA) is 92.8 Å². The van der Waals surface area contributed by atoms with Crippen LogP contribution in [0.2, 0.25) is 0 Å². The van der Waals surface area contributed by atoms with Gasteiger partial charge in [-0.1, -0.05) is 0 Å². The van der Waals surface area contributed by atoms with Crippen molar-refractivity contribution in [2.24, 2.45) is 0 Å². The Labute approximate surface area is 175 Å². The fourth-order valence-corrected chi connectivity index (χ4v) is 5.08. The van der Waals surface area contributed by atoms with E-state index < -0.39 is 16.0 Å². The van der Waals surface area contributed by atoms with Crippen LogP contribution in [0.3, 0.4) is 0 Å².